The van der Waals surface area contributed by atoms with Crippen molar-refractivity contribution in [2.24, 2.45) is 0 Å². The summed E-state index contributed by atoms with van der Waals surface area (Å²) in [5.74, 6) is 2.20. The lowest BCUT2D eigenvalue weighted by Crippen LogP contribution is -2.44. The van der Waals surface area contributed by atoms with Gasteiger partial charge in [-0.1, -0.05) is 5.16 Å². The van der Waals surface area contributed by atoms with Crippen LogP contribution in [0.1, 0.15) is 5.76 Å². The van der Waals surface area contributed by atoms with Crippen molar-refractivity contribution in [1.29, 1.82) is 0 Å². The molecular weight excluding hydrogens is 344 g/mol. The van der Waals surface area contributed by atoms with Crippen LogP contribution in [-0.2, 0) is 0 Å². The number of aryl methyl sites for hydroxylation is 1. The second-order valence-corrected chi connectivity index (χ2v) is 6.58. The summed E-state index contributed by atoms with van der Waals surface area (Å²) >= 11 is 0. The van der Waals surface area contributed by atoms with E-state index in [2.05, 4.69) is 60.0 Å². The summed E-state index contributed by atoms with van der Waals surface area (Å²) in [5.41, 5.74) is 2.18. The van der Waals surface area contributed by atoms with Crippen LogP contribution in [0, 0.1) is 6.92 Å². The molecule has 1 fully saturated rings. The Hall–Kier alpha value is -3.20. The summed E-state index contributed by atoms with van der Waals surface area (Å²) in [6.07, 6.45) is 1.58. The van der Waals surface area contributed by atoms with Crippen molar-refractivity contribution in [2.75, 3.05) is 48.8 Å². The number of rotatable bonds is 5. The normalized spacial score (nSPS) is 15.0. The Kier molecular flexibility index (Phi) is 4.84. The van der Waals surface area contributed by atoms with Crippen LogP contribution in [0.15, 0.2) is 41.1 Å². The fraction of sp³-hybridized carbons (Fsp3) is 0.333. The van der Waals surface area contributed by atoms with Crippen molar-refractivity contribution >= 4 is 29.0 Å². The smallest absolute Gasteiger partial charge is 0.250 e. The number of nitrogens with zero attached hydrogens (tertiary/aromatic N) is 6. The van der Waals surface area contributed by atoms with Gasteiger partial charge in [-0.25, -0.2) is 0 Å². The number of benzene rings is 1. The van der Waals surface area contributed by atoms with Gasteiger partial charge in [-0.15, -0.1) is 5.10 Å². The van der Waals surface area contributed by atoms with Gasteiger partial charge in [-0.2, -0.15) is 10.1 Å². The second-order valence-electron chi connectivity index (χ2n) is 6.58. The van der Waals surface area contributed by atoms with E-state index in [0.29, 0.717) is 23.3 Å². The van der Waals surface area contributed by atoms with Gasteiger partial charge in [-0.3, -0.25) is 0 Å². The molecule has 0 amide bonds. The first-order valence-corrected chi connectivity index (χ1v) is 8.86. The van der Waals surface area contributed by atoms with Crippen molar-refractivity contribution in [1.82, 2.24) is 25.2 Å². The van der Waals surface area contributed by atoms with Crippen LogP contribution in [0.4, 0.5) is 29.0 Å². The molecule has 140 valence electrons. The first kappa shape index (κ1) is 17.2. The van der Waals surface area contributed by atoms with E-state index >= 15 is 0 Å². The average molecular weight is 366 g/mol. The van der Waals surface area contributed by atoms with E-state index in [1.54, 1.807) is 12.3 Å². The van der Waals surface area contributed by atoms with Crippen LogP contribution in [0.3, 0.4) is 0 Å². The fourth-order valence-corrected chi connectivity index (χ4v) is 2.92. The van der Waals surface area contributed by atoms with Gasteiger partial charge in [0.2, 0.25) is 5.95 Å². The van der Waals surface area contributed by atoms with Crippen LogP contribution in [-0.4, -0.2) is 58.5 Å². The van der Waals surface area contributed by atoms with E-state index in [9.17, 15) is 0 Å². The van der Waals surface area contributed by atoms with Gasteiger partial charge in [0.25, 0.3) is 0 Å². The van der Waals surface area contributed by atoms with Crippen LogP contribution < -0.4 is 15.5 Å². The molecule has 3 aromatic rings. The van der Waals surface area contributed by atoms with Crippen molar-refractivity contribution in [2.45, 2.75) is 6.92 Å². The molecule has 2 N–H and O–H groups in total. The molecule has 4 rings (SSSR count). The number of hydrogen-bond donors (Lipinski definition) is 2. The van der Waals surface area contributed by atoms with Gasteiger partial charge < -0.3 is 25.0 Å². The largest absolute Gasteiger partial charge is 0.369 e. The number of likely N-dealkylation sites (N-methyl/N-ethyl adjacent to an activating group) is 1. The van der Waals surface area contributed by atoms with Crippen LogP contribution in [0.25, 0.3) is 0 Å². The highest BCUT2D eigenvalue weighted by atomic mass is 16.5. The molecule has 0 unspecified atom stereocenters. The molecule has 0 radical (unpaired) electrons. The van der Waals surface area contributed by atoms with E-state index in [1.165, 1.54) is 5.69 Å². The highest BCUT2D eigenvalue weighted by molar-refractivity contribution is 5.61. The van der Waals surface area contributed by atoms with Gasteiger partial charge in [0.1, 0.15) is 5.76 Å². The molecule has 1 aliphatic rings. The Labute approximate surface area is 157 Å². The predicted octanol–water partition coefficient (Wildman–Crippen LogP) is 2.41. The fourth-order valence-electron chi connectivity index (χ4n) is 2.92. The minimum atomic E-state index is 0.349. The molecule has 9 heteroatoms. The molecule has 2 aromatic heterocycles. The van der Waals surface area contributed by atoms with Gasteiger partial charge in [0, 0.05) is 43.6 Å². The van der Waals surface area contributed by atoms with Crippen molar-refractivity contribution in [3.63, 3.8) is 0 Å². The first-order chi connectivity index (χ1) is 13.2. The van der Waals surface area contributed by atoms with Crippen LogP contribution in [0.2, 0.25) is 0 Å². The van der Waals surface area contributed by atoms with E-state index in [0.717, 1.165) is 31.9 Å². The molecule has 1 saturated heterocycles. The zero-order valence-corrected chi connectivity index (χ0v) is 15.4. The summed E-state index contributed by atoms with van der Waals surface area (Å²) in [6.45, 7) is 6.10. The van der Waals surface area contributed by atoms with Crippen molar-refractivity contribution in [3.8, 4) is 0 Å². The lowest BCUT2D eigenvalue weighted by atomic mass is 10.2. The van der Waals surface area contributed by atoms with E-state index < -0.39 is 0 Å². The molecule has 0 saturated carbocycles. The Balaban J connectivity index is 1.41. The second kappa shape index (κ2) is 7.58. The monoisotopic (exact) mass is 366 g/mol. The van der Waals surface area contributed by atoms with Gasteiger partial charge in [0.05, 0.1) is 6.20 Å². The molecule has 1 aromatic carbocycles. The summed E-state index contributed by atoms with van der Waals surface area (Å²) in [7, 11) is 2.16. The number of hydrogen-bond acceptors (Lipinski definition) is 9. The molecule has 1 aliphatic heterocycles. The SMILES string of the molecule is Cc1cc(Nc2nncc(Nc3ccc(N4CCN(C)CC4)cc3)n2)no1. The Morgan fingerprint density at radius 1 is 1.00 bits per heavy atom. The average Bonchev–Trinajstić information content (AvgIpc) is 3.08. The van der Waals surface area contributed by atoms with Crippen LogP contribution in [0.5, 0.6) is 0 Å². The van der Waals surface area contributed by atoms with E-state index in [-0.39, 0.29) is 0 Å². The summed E-state index contributed by atoms with van der Waals surface area (Å²) in [4.78, 5) is 9.15. The number of nitrogens with one attached hydrogen (secondary N) is 2. The molecule has 0 atom stereocenters. The minimum absolute atomic E-state index is 0.349. The van der Waals surface area contributed by atoms with Gasteiger partial charge in [-0.05, 0) is 38.2 Å². The highest BCUT2D eigenvalue weighted by Gasteiger charge is 2.14. The third-order valence-corrected chi connectivity index (χ3v) is 4.43. The summed E-state index contributed by atoms with van der Waals surface area (Å²) in [6, 6.07) is 10.1. The Bertz CT molecular complexity index is 886. The van der Waals surface area contributed by atoms with Gasteiger partial charge in [0.15, 0.2) is 11.6 Å². The lowest BCUT2D eigenvalue weighted by Gasteiger charge is -2.34. The Morgan fingerprint density at radius 3 is 2.48 bits per heavy atom. The summed E-state index contributed by atoms with van der Waals surface area (Å²) in [5, 5.41) is 18.0. The van der Waals surface area contributed by atoms with Crippen molar-refractivity contribution in [3.05, 3.63) is 42.3 Å². The predicted molar refractivity (Wildman–Crippen MR) is 104 cm³/mol. The van der Waals surface area contributed by atoms with Gasteiger partial charge >= 0.3 is 0 Å². The lowest BCUT2D eigenvalue weighted by molar-refractivity contribution is 0.313. The van der Waals surface area contributed by atoms with E-state index in [1.807, 2.05) is 19.1 Å². The third-order valence-electron chi connectivity index (χ3n) is 4.43. The minimum Gasteiger partial charge on any atom is -0.369 e. The molecule has 27 heavy (non-hydrogen) atoms. The standard InChI is InChI=1S/C18H22N8O/c1-13-11-16(24-27-13)21-18-22-17(12-19-23-18)20-14-3-5-15(6-4-14)26-9-7-25(2)8-10-26/h3-6,11-12H,7-10H2,1-2H3,(H2,20,21,22,23,24). The first-order valence-electron chi connectivity index (χ1n) is 8.86. The molecular formula is C18H22N8O. The van der Waals surface area contributed by atoms with Crippen molar-refractivity contribution < 1.29 is 4.52 Å². The maximum atomic E-state index is 5.02. The quantitative estimate of drug-likeness (QED) is 0.705. The molecule has 0 aliphatic carbocycles. The molecule has 9 nitrogen and oxygen atoms in total. The summed E-state index contributed by atoms with van der Waals surface area (Å²) < 4.78 is 5.02. The topological polar surface area (TPSA) is 95.2 Å². The van der Waals surface area contributed by atoms with Crippen LogP contribution >= 0.6 is 0 Å². The zero-order valence-electron chi connectivity index (χ0n) is 15.4. The Morgan fingerprint density at radius 2 is 1.78 bits per heavy atom. The maximum absolute atomic E-state index is 5.02. The molecule has 0 spiro atoms. The number of anilines is 5. The molecule has 0 bridgehead atoms. The maximum Gasteiger partial charge on any atom is 0.250 e. The number of piperazine rings is 1. The highest BCUT2D eigenvalue weighted by Crippen LogP contribution is 2.22. The molecule has 3 heterocycles. The number of aromatic nitrogens is 4. The van der Waals surface area contributed by atoms with E-state index in [4.69, 9.17) is 4.52 Å². The third kappa shape index (κ3) is 4.32. The zero-order chi connectivity index (χ0) is 18.6.